The van der Waals surface area contributed by atoms with Gasteiger partial charge < -0.3 is 0 Å². The van der Waals surface area contributed by atoms with Crippen LogP contribution in [0, 0.1) is 0 Å². The molecule has 2 aliphatic heterocycles. The third-order valence-electron chi connectivity index (χ3n) is 4.43. The van der Waals surface area contributed by atoms with Crippen molar-refractivity contribution >= 4 is 26.0 Å². The molecule has 20 heavy (non-hydrogen) atoms. The summed E-state index contributed by atoms with van der Waals surface area (Å²) in [4.78, 5) is 2.33. The Morgan fingerprint density at radius 2 is 1.90 bits per heavy atom. The highest BCUT2D eigenvalue weighted by atomic mass is 79.9. The molecule has 2 atom stereocenters. The molecule has 0 aromatic carbocycles. The third kappa shape index (κ3) is 2.20. The fourth-order valence-electron chi connectivity index (χ4n) is 3.21. The topological polar surface area (TPSA) is 71.3 Å². The zero-order valence-corrected chi connectivity index (χ0v) is 13.9. The molecule has 2 unspecified atom stereocenters. The lowest BCUT2D eigenvalue weighted by Crippen LogP contribution is -2.40. The Morgan fingerprint density at radius 1 is 1.20 bits per heavy atom. The van der Waals surface area contributed by atoms with Crippen LogP contribution < -0.4 is 0 Å². The molecule has 0 aliphatic carbocycles. The minimum Gasteiger partial charge on any atom is -0.299 e. The van der Waals surface area contributed by atoms with Gasteiger partial charge in [0, 0.05) is 32.2 Å². The Bertz CT molecular complexity index is 597. The maximum atomic E-state index is 12.8. The SMILES string of the molecule is CN1C2CCC1CN(S(=O)(=O)c1c(Br)nnn1C)CC2. The molecule has 0 saturated carbocycles. The van der Waals surface area contributed by atoms with E-state index in [2.05, 4.69) is 38.2 Å². The van der Waals surface area contributed by atoms with Crippen molar-refractivity contribution in [2.75, 3.05) is 20.1 Å². The summed E-state index contributed by atoms with van der Waals surface area (Å²) in [5.41, 5.74) is 0. The molecule has 7 nitrogen and oxygen atoms in total. The normalized spacial score (nSPS) is 28.8. The molecule has 2 saturated heterocycles. The minimum atomic E-state index is -3.55. The molecule has 1 aromatic rings. The lowest BCUT2D eigenvalue weighted by molar-refractivity contribution is 0.246. The van der Waals surface area contributed by atoms with E-state index in [4.69, 9.17) is 0 Å². The number of rotatable bonds is 2. The average molecular weight is 364 g/mol. The predicted octanol–water partition coefficient (Wildman–Crippen LogP) is 0.435. The fraction of sp³-hybridized carbons (Fsp3) is 0.818. The Hall–Kier alpha value is -0.510. The number of fused-ring (bicyclic) bond motifs is 2. The summed E-state index contributed by atoms with van der Waals surface area (Å²) in [6, 6.07) is 0.825. The third-order valence-corrected chi connectivity index (χ3v) is 7.19. The number of hydrogen-bond donors (Lipinski definition) is 0. The predicted molar refractivity (Wildman–Crippen MR) is 76.7 cm³/mol. The van der Waals surface area contributed by atoms with Gasteiger partial charge in [0.2, 0.25) is 5.03 Å². The second-order valence-electron chi connectivity index (χ2n) is 5.51. The van der Waals surface area contributed by atoms with Crippen LogP contribution in [0.4, 0.5) is 0 Å². The summed E-state index contributed by atoms with van der Waals surface area (Å²) in [5, 5.41) is 7.68. The number of nitrogens with zero attached hydrogens (tertiary/aromatic N) is 5. The summed E-state index contributed by atoms with van der Waals surface area (Å²) in [5.74, 6) is 0. The van der Waals surface area contributed by atoms with Gasteiger partial charge >= 0.3 is 0 Å². The highest BCUT2D eigenvalue weighted by molar-refractivity contribution is 9.10. The van der Waals surface area contributed by atoms with Gasteiger partial charge in [-0.1, -0.05) is 5.21 Å². The zero-order chi connectivity index (χ0) is 14.5. The standard InChI is InChI=1S/C11H18BrN5O2S/c1-15-8-3-4-9(15)7-17(6-5-8)20(18,19)11-10(12)13-14-16(11)2/h8-9H,3-7H2,1-2H3. The minimum absolute atomic E-state index is 0.137. The highest BCUT2D eigenvalue weighted by Crippen LogP contribution is 2.31. The van der Waals surface area contributed by atoms with E-state index in [1.165, 1.54) is 11.1 Å². The monoisotopic (exact) mass is 363 g/mol. The van der Waals surface area contributed by atoms with E-state index >= 15 is 0 Å². The van der Waals surface area contributed by atoms with Crippen LogP contribution in [0.5, 0.6) is 0 Å². The Balaban J connectivity index is 1.93. The van der Waals surface area contributed by atoms with Gasteiger partial charge in [0.1, 0.15) is 0 Å². The molecule has 1 aromatic heterocycles. The Labute approximate surface area is 127 Å². The first kappa shape index (κ1) is 14.4. The van der Waals surface area contributed by atoms with Gasteiger partial charge in [-0.05, 0) is 42.2 Å². The maximum Gasteiger partial charge on any atom is 0.263 e. The van der Waals surface area contributed by atoms with Gasteiger partial charge in [-0.2, -0.15) is 4.31 Å². The van der Waals surface area contributed by atoms with Crippen molar-refractivity contribution in [1.29, 1.82) is 0 Å². The summed E-state index contributed by atoms with van der Waals surface area (Å²) < 4.78 is 28.8. The van der Waals surface area contributed by atoms with Crippen molar-refractivity contribution in [3.63, 3.8) is 0 Å². The van der Waals surface area contributed by atoms with E-state index in [-0.39, 0.29) is 9.63 Å². The Kier molecular flexibility index (Phi) is 3.64. The molecule has 0 amide bonds. The number of likely N-dealkylation sites (N-methyl/N-ethyl adjacent to an activating group) is 1. The van der Waals surface area contributed by atoms with E-state index in [1.807, 2.05) is 0 Å². The number of hydrogen-bond acceptors (Lipinski definition) is 5. The molecule has 2 aliphatic rings. The highest BCUT2D eigenvalue weighted by Gasteiger charge is 2.40. The van der Waals surface area contributed by atoms with Gasteiger partial charge in [-0.3, -0.25) is 4.90 Å². The van der Waals surface area contributed by atoms with Crippen LogP contribution >= 0.6 is 15.9 Å². The fourth-order valence-corrected chi connectivity index (χ4v) is 5.74. The van der Waals surface area contributed by atoms with Crippen molar-refractivity contribution < 1.29 is 8.42 Å². The first-order valence-electron chi connectivity index (χ1n) is 6.68. The van der Waals surface area contributed by atoms with Crippen molar-refractivity contribution in [3.05, 3.63) is 4.60 Å². The summed E-state index contributed by atoms with van der Waals surface area (Å²) >= 11 is 3.18. The number of halogens is 1. The molecular weight excluding hydrogens is 346 g/mol. The van der Waals surface area contributed by atoms with Gasteiger partial charge in [0.05, 0.1) is 0 Å². The van der Waals surface area contributed by atoms with E-state index < -0.39 is 10.0 Å². The van der Waals surface area contributed by atoms with Crippen molar-refractivity contribution in [1.82, 2.24) is 24.2 Å². The molecule has 3 rings (SSSR count). The van der Waals surface area contributed by atoms with Gasteiger partial charge in [0.25, 0.3) is 10.0 Å². The van der Waals surface area contributed by atoms with Crippen LogP contribution in [0.2, 0.25) is 0 Å². The van der Waals surface area contributed by atoms with E-state index in [9.17, 15) is 8.42 Å². The maximum absolute atomic E-state index is 12.8. The molecule has 0 N–H and O–H groups in total. The van der Waals surface area contributed by atoms with Crippen LogP contribution in [-0.4, -0.2) is 64.8 Å². The first-order chi connectivity index (χ1) is 9.41. The summed E-state index contributed by atoms with van der Waals surface area (Å²) in [7, 11) is 0.144. The largest absolute Gasteiger partial charge is 0.299 e. The van der Waals surface area contributed by atoms with Crippen LogP contribution in [0.3, 0.4) is 0 Å². The molecule has 0 spiro atoms. The van der Waals surface area contributed by atoms with Gasteiger partial charge in [0.15, 0.2) is 4.60 Å². The molecule has 2 fully saturated rings. The van der Waals surface area contributed by atoms with Crippen molar-refractivity contribution in [2.24, 2.45) is 7.05 Å². The van der Waals surface area contributed by atoms with E-state index in [0.717, 1.165) is 12.8 Å². The number of aromatic nitrogens is 3. The number of sulfonamides is 1. The van der Waals surface area contributed by atoms with Crippen molar-refractivity contribution in [3.8, 4) is 0 Å². The van der Waals surface area contributed by atoms with E-state index in [0.29, 0.717) is 25.2 Å². The summed E-state index contributed by atoms with van der Waals surface area (Å²) in [6.07, 6.45) is 3.12. The lowest BCUT2D eigenvalue weighted by Gasteiger charge is -2.25. The smallest absolute Gasteiger partial charge is 0.263 e. The molecule has 112 valence electrons. The molecule has 9 heteroatoms. The summed E-state index contributed by atoms with van der Waals surface area (Å²) in [6.45, 7) is 1.11. The molecule has 3 heterocycles. The quantitative estimate of drug-likeness (QED) is 0.762. The molecular formula is C11H18BrN5O2S. The second-order valence-corrected chi connectivity index (χ2v) is 8.12. The van der Waals surface area contributed by atoms with Gasteiger partial charge in [-0.25, -0.2) is 13.1 Å². The lowest BCUT2D eigenvalue weighted by atomic mass is 10.1. The molecule has 0 radical (unpaired) electrons. The van der Waals surface area contributed by atoms with Crippen LogP contribution in [-0.2, 0) is 17.1 Å². The van der Waals surface area contributed by atoms with Crippen LogP contribution in [0.15, 0.2) is 9.63 Å². The zero-order valence-electron chi connectivity index (χ0n) is 11.5. The van der Waals surface area contributed by atoms with Crippen molar-refractivity contribution in [2.45, 2.75) is 36.4 Å². The van der Waals surface area contributed by atoms with Crippen LogP contribution in [0.25, 0.3) is 0 Å². The second kappa shape index (κ2) is 5.04. The van der Waals surface area contributed by atoms with Gasteiger partial charge in [-0.15, -0.1) is 5.10 Å². The average Bonchev–Trinajstić information content (AvgIpc) is 2.80. The number of aryl methyl sites for hydroxylation is 1. The molecule has 2 bridgehead atoms. The Morgan fingerprint density at radius 3 is 2.55 bits per heavy atom. The van der Waals surface area contributed by atoms with Crippen LogP contribution in [0.1, 0.15) is 19.3 Å². The first-order valence-corrected chi connectivity index (χ1v) is 8.92. The van der Waals surface area contributed by atoms with E-state index in [1.54, 1.807) is 11.4 Å².